The fourth-order valence-electron chi connectivity index (χ4n) is 1.62. The van der Waals surface area contributed by atoms with Gasteiger partial charge in [0.25, 0.3) is 0 Å². The number of hydrazone groups is 1. The number of rotatable bonds is 9. The summed E-state index contributed by atoms with van der Waals surface area (Å²) < 4.78 is 11.4. The third-order valence-electron chi connectivity index (χ3n) is 2.63. The van der Waals surface area contributed by atoms with Crippen LogP contribution in [0.25, 0.3) is 0 Å². The number of thiocarbonyl (C=S) groups is 1. The molecule has 0 radical (unpaired) electrons. The molecule has 23 heavy (non-hydrogen) atoms. The zero-order chi connectivity index (χ0) is 17.1. The Morgan fingerprint density at radius 3 is 2.78 bits per heavy atom. The topological polar surface area (TPSA) is 54.9 Å². The van der Waals surface area contributed by atoms with Gasteiger partial charge in [0.2, 0.25) is 0 Å². The summed E-state index contributed by atoms with van der Waals surface area (Å²) in [5.41, 5.74) is 3.63. The molecule has 6 heteroatoms. The van der Waals surface area contributed by atoms with Gasteiger partial charge in [0.05, 0.1) is 19.4 Å². The summed E-state index contributed by atoms with van der Waals surface area (Å²) in [4.78, 5) is 0. The van der Waals surface area contributed by atoms with Crippen molar-refractivity contribution in [1.82, 2.24) is 10.7 Å². The number of hydrogen-bond donors (Lipinski definition) is 2. The van der Waals surface area contributed by atoms with Crippen LogP contribution >= 0.6 is 12.2 Å². The van der Waals surface area contributed by atoms with Crippen LogP contribution < -0.4 is 20.2 Å². The average molecular weight is 335 g/mol. The summed E-state index contributed by atoms with van der Waals surface area (Å²) in [6, 6.07) is 5.71. The largest absolute Gasteiger partial charge is 0.490 e. The van der Waals surface area contributed by atoms with Gasteiger partial charge in [-0.15, -0.1) is 6.58 Å². The number of ether oxygens (including phenoxy) is 2. The van der Waals surface area contributed by atoms with Crippen molar-refractivity contribution in [2.75, 3.05) is 19.8 Å². The minimum atomic E-state index is 0.447. The molecule has 0 saturated heterocycles. The van der Waals surface area contributed by atoms with E-state index < -0.39 is 0 Å². The summed E-state index contributed by atoms with van der Waals surface area (Å²) in [6.07, 6.45) is 3.40. The van der Waals surface area contributed by atoms with Crippen LogP contribution in [0.4, 0.5) is 0 Å². The number of nitrogens with zero attached hydrogens (tertiary/aromatic N) is 1. The molecule has 1 aromatic rings. The van der Waals surface area contributed by atoms with Crippen LogP contribution in [0.5, 0.6) is 11.5 Å². The molecule has 5 nitrogen and oxygen atoms in total. The first-order valence-electron chi connectivity index (χ1n) is 7.64. The first-order valence-corrected chi connectivity index (χ1v) is 8.05. The van der Waals surface area contributed by atoms with Gasteiger partial charge in [0, 0.05) is 6.54 Å². The van der Waals surface area contributed by atoms with Crippen LogP contribution in [-0.4, -0.2) is 31.1 Å². The monoisotopic (exact) mass is 335 g/mol. The second kappa shape index (κ2) is 10.6. The lowest BCUT2D eigenvalue weighted by Gasteiger charge is -2.13. The molecule has 1 aromatic carbocycles. The Morgan fingerprint density at radius 1 is 1.35 bits per heavy atom. The maximum Gasteiger partial charge on any atom is 0.187 e. The van der Waals surface area contributed by atoms with Gasteiger partial charge in [0.15, 0.2) is 16.6 Å². The minimum Gasteiger partial charge on any atom is -0.490 e. The van der Waals surface area contributed by atoms with Crippen molar-refractivity contribution in [2.24, 2.45) is 11.0 Å². The van der Waals surface area contributed by atoms with E-state index in [4.69, 9.17) is 21.7 Å². The van der Waals surface area contributed by atoms with E-state index in [1.54, 1.807) is 12.3 Å². The normalized spacial score (nSPS) is 10.6. The predicted octanol–water partition coefficient (Wildman–Crippen LogP) is 3.10. The van der Waals surface area contributed by atoms with Crippen LogP contribution in [0.1, 0.15) is 26.3 Å². The zero-order valence-electron chi connectivity index (χ0n) is 14.0. The summed E-state index contributed by atoms with van der Waals surface area (Å²) >= 11 is 5.05. The average Bonchev–Trinajstić information content (AvgIpc) is 2.52. The van der Waals surface area contributed by atoms with E-state index in [2.05, 4.69) is 36.3 Å². The van der Waals surface area contributed by atoms with Crippen molar-refractivity contribution in [3.05, 3.63) is 36.4 Å². The summed E-state index contributed by atoms with van der Waals surface area (Å²) in [5.74, 6) is 1.91. The lowest BCUT2D eigenvalue weighted by molar-refractivity contribution is 0.248. The van der Waals surface area contributed by atoms with Gasteiger partial charge < -0.3 is 14.8 Å². The SMILES string of the molecule is C=CCNC(=S)N/N=C\c1ccc(OCC(C)C)c(OCC)c1. The molecule has 0 spiro atoms. The van der Waals surface area contributed by atoms with Gasteiger partial charge in [-0.1, -0.05) is 19.9 Å². The molecule has 0 aliphatic carbocycles. The molecule has 0 aromatic heterocycles. The van der Waals surface area contributed by atoms with Crippen molar-refractivity contribution in [2.45, 2.75) is 20.8 Å². The van der Waals surface area contributed by atoms with Crippen LogP contribution in [0.15, 0.2) is 36.0 Å². The Morgan fingerprint density at radius 2 is 2.13 bits per heavy atom. The molecule has 2 N–H and O–H groups in total. The summed E-state index contributed by atoms with van der Waals surface area (Å²) in [6.45, 7) is 11.6. The van der Waals surface area contributed by atoms with Crippen LogP contribution in [-0.2, 0) is 0 Å². The van der Waals surface area contributed by atoms with Gasteiger partial charge in [-0.25, -0.2) is 0 Å². The van der Waals surface area contributed by atoms with E-state index in [-0.39, 0.29) is 0 Å². The first kappa shape index (κ1) is 19.0. The molecule has 0 bridgehead atoms. The Kier molecular flexibility index (Phi) is 8.75. The quantitative estimate of drug-likeness (QED) is 0.314. The van der Waals surface area contributed by atoms with Gasteiger partial charge in [-0.3, -0.25) is 5.43 Å². The van der Waals surface area contributed by atoms with Crippen molar-refractivity contribution in [1.29, 1.82) is 0 Å². The maximum atomic E-state index is 5.77. The molecule has 0 atom stereocenters. The standard InChI is InChI=1S/C17H25N3O2S/c1-5-9-18-17(23)20-19-11-14-7-8-15(22-12-13(3)4)16(10-14)21-6-2/h5,7-8,10-11,13H,1,6,9,12H2,2-4H3,(H2,18,20,23)/b19-11-. The van der Waals surface area contributed by atoms with E-state index in [9.17, 15) is 0 Å². The highest BCUT2D eigenvalue weighted by atomic mass is 32.1. The Labute approximate surface area is 143 Å². The summed E-state index contributed by atoms with van der Waals surface area (Å²) in [7, 11) is 0. The Balaban J connectivity index is 2.70. The molecule has 0 aliphatic heterocycles. The molecule has 126 valence electrons. The van der Waals surface area contributed by atoms with Crippen molar-refractivity contribution >= 4 is 23.5 Å². The third-order valence-corrected chi connectivity index (χ3v) is 2.86. The summed E-state index contributed by atoms with van der Waals surface area (Å²) in [5, 5.41) is 7.47. The van der Waals surface area contributed by atoms with Crippen molar-refractivity contribution < 1.29 is 9.47 Å². The van der Waals surface area contributed by atoms with Crippen LogP contribution in [0.2, 0.25) is 0 Å². The lowest BCUT2D eigenvalue weighted by atomic mass is 10.2. The fourth-order valence-corrected chi connectivity index (χ4v) is 1.75. The predicted molar refractivity (Wildman–Crippen MR) is 99.5 cm³/mol. The van der Waals surface area contributed by atoms with Crippen LogP contribution in [0.3, 0.4) is 0 Å². The first-order chi connectivity index (χ1) is 11.1. The fraction of sp³-hybridized carbons (Fsp3) is 0.412. The zero-order valence-corrected chi connectivity index (χ0v) is 14.8. The highest BCUT2D eigenvalue weighted by Gasteiger charge is 2.07. The highest BCUT2D eigenvalue weighted by Crippen LogP contribution is 2.28. The smallest absolute Gasteiger partial charge is 0.187 e. The molecule has 0 aliphatic rings. The Bertz CT molecular complexity index is 545. The van der Waals surface area contributed by atoms with E-state index >= 15 is 0 Å². The van der Waals surface area contributed by atoms with E-state index in [1.807, 2.05) is 25.1 Å². The van der Waals surface area contributed by atoms with Crippen molar-refractivity contribution in [3.63, 3.8) is 0 Å². The molecule has 0 heterocycles. The second-order valence-electron chi connectivity index (χ2n) is 5.21. The van der Waals surface area contributed by atoms with Gasteiger partial charge in [-0.2, -0.15) is 5.10 Å². The number of benzene rings is 1. The number of nitrogens with one attached hydrogen (secondary N) is 2. The van der Waals surface area contributed by atoms with Gasteiger partial charge in [-0.05, 0) is 48.8 Å². The molecule has 1 rings (SSSR count). The lowest BCUT2D eigenvalue weighted by Crippen LogP contribution is -2.31. The third kappa shape index (κ3) is 7.65. The van der Waals surface area contributed by atoms with Crippen LogP contribution in [0, 0.1) is 5.92 Å². The molecule has 0 fully saturated rings. The number of hydrogen-bond acceptors (Lipinski definition) is 4. The molecule has 0 unspecified atom stereocenters. The minimum absolute atomic E-state index is 0.447. The second-order valence-corrected chi connectivity index (χ2v) is 5.62. The van der Waals surface area contributed by atoms with Gasteiger partial charge >= 0.3 is 0 Å². The van der Waals surface area contributed by atoms with Gasteiger partial charge in [0.1, 0.15) is 0 Å². The maximum absolute atomic E-state index is 5.77. The molecule has 0 saturated carbocycles. The highest BCUT2D eigenvalue weighted by molar-refractivity contribution is 7.80. The molecular weight excluding hydrogens is 310 g/mol. The molecular formula is C17H25N3O2S. The van der Waals surface area contributed by atoms with Crippen molar-refractivity contribution in [3.8, 4) is 11.5 Å². The van der Waals surface area contributed by atoms with E-state index in [0.29, 0.717) is 36.5 Å². The van der Waals surface area contributed by atoms with E-state index in [0.717, 1.165) is 11.3 Å². The van der Waals surface area contributed by atoms with E-state index in [1.165, 1.54) is 0 Å². The molecule has 0 amide bonds. The Hall–Kier alpha value is -2.08.